The first-order chi connectivity index (χ1) is 26.7. The molecule has 7 rings (SSSR count). The van der Waals surface area contributed by atoms with Gasteiger partial charge in [0.05, 0.1) is 11.4 Å². The summed E-state index contributed by atoms with van der Waals surface area (Å²) in [7, 11) is -21.3. The van der Waals surface area contributed by atoms with Crippen LogP contribution in [0.25, 0.3) is 50.0 Å². The largest absolute Gasteiger partial charge is 0.385 e. The van der Waals surface area contributed by atoms with E-state index in [4.69, 9.17) is 5.39 Å². The minimum absolute atomic E-state index is 0. The van der Waals surface area contributed by atoms with Crippen molar-refractivity contribution in [1.29, 1.82) is 5.39 Å². The molecule has 0 N–H and O–H groups in total. The number of hydrogen-bond acceptors (Lipinski definition) is 5. The van der Waals surface area contributed by atoms with E-state index in [0.29, 0.717) is 5.69 Å². The van der Waals surface area contributed by atoms with E-state index >= 15 is 0 Å². The van der Waals surface area contributed by atoms with E-state index in [1.165, 1.54) is 0 Å². The summed E-state index contributed by atoms with van der Waals surface area (Å²) < 4.78 is 118. The molecule has 0 amide bonds. The molecule has 4 aromatic heterocycles. The minimum atomic E-state index is -10.7. The van der Waals surface area contributed by atoms with Crippen LogP contribution in [0.2, 0.25) is 0 Å². The summed E-state index contributed by atoms with van der Waals surface area (Å²) in [5.41, 5.74) is 8.32. The van der Waals surface area contributed by atoms with Crippen LogP contribution in [0.5, 0.6) is 0 Å². The molecule has 0 aliphatic rings. The normalized spacial score (nSPS) is 12.8. The molecule has 315 valence electrons. The van der Waals surface area contributed by atoms with Crippen molar-refractivity contribution in [3.8, 4) is 45.0 Å². The zero-order valence-electron chi connectivity index (χ0n) is 29.5. The van der Waals surface area contributed by atoms with E-state index in [9.17, 15) is 50.4 Å². The van der Waals surface area contributed by atoms with E-state index in [0.717, 1.165) is 45.0 Å². The molecule has 7 aromatic rings. The summed E-state index contributed by atoms with van der Waals surface area (Å²) in [5, 5.41) is 8.70. The van der Waals surface area contributed by atoms with Crippen LogP contribution < -0.4 is 0 Å². The van der Waals surface area contributed by atoms with E-state index in [1.807, 2.05) is 127 Å². The summed E-state index contributed by atoms with van der Waals surface area (Å²) in [6, 6.07) is 50.7. The molecule has 4 heterocycles. The van der Waals surface area contributed by atoms with Crippen LogP contribution in [-0.2, 0) is 20.1 Å². The predicted octanol–water partition coefficient (Wildman–Crippen LogP) is 16.2. The number of aromatic nitrogens is 4. The Kier molecular flexibility index (Phi) is 15.9. The fourth-order valence-corrected chi connectivity index (χ4v) is 4.13. The number of nitrogens with zero attached hydrogens (tertiary/aromatic N) is 6. The number of rotatable bonds is 4. The summed E-state index contributed by atoms with van der Waals surface area (Å²) in [6.07, 6.45) is 7.09. The molecule has 0 unspecified atom stereocenters. The van der Waals surface area contributed by atoms with Crippen LogP contribution in [0.1, 0.15) is 0 Å². The second-order valence-electron chi connectivity index (χ2n) is 11.2. The summed E-state index contributed by atoms with van der Waals surface area (Å²) in [4.78, 5) is 20.2. The van der Waals surface area contributed by atoms with Gasteiger partial charge >= 0.3 is 71.7 Å². The maximum Gasteiger partial charge on any atom is 0.385 e. The smallest absolute Gasteiger partial charge is 0.305 e. The Hall–Kier alpha value is -5.65. The molecule has 0 fully saturated rings. The molecule has 6 nitrogen and oxygen atoms in total. The molecule has 0 aliphatic heterocycles. The van der Waals surface area contributed by atoms with E-state index < -0.39 is 15.6 Å². The summed E-state index contributed by atoms with van der Waals surface area (Å²) in [5.74, 6) is 0. The molecular formula is C38H27F12IrN6P2-3. The third-order valence-corrected chi connectivity index (χ3v) is 6.30. The Bertz CT molecular complexity index is 2160. The first-order valence-corrected chi connectivity index (χ1v) is 20.0. The van der Waals surface area contributed by atoms with Gasteiger partial charge in [-0.05, 0) is 71.0 Å². The van der Waals surface area contributed by atoms with Gasteiger partial charge in [-0.3, -0.25) is 9.97 Å². The Balaban J connectivity index is 0.000000270. The van der Waals surface area contributed by atoms with Gasteiger partial charge in [0.1, 0.15) is 0 Å². The number of halogens is 12. The molecule has 0 aliphatic carbocycles. The van der Waals surface area contributed by atoms with Crippen molar-refractivity contribution in [3.05, 3.63) is 181 Å². The molecule has 0 bridgehead atoms. The van der Waals surface area contributed by atoms with Crippen LogP contribution >= 0.6 is 15.6 Å². The average Bonchev–Trinajstić information content (AvgIpc) is 3.18. The zero-order chi connectivity index (χ0) is 43.1. The zero-order valence-corrected chi connectivity index (χ0v) is 33.7. The molecule has 0 saturated carbocycles. The van der Waals surface area contributed by atoms with Gasteiger partial charge in [-0.1, -0.05) is 30.3 Å². The topological polar surface area (TPSA) is 79.7 Å². The Morgan fingerprint density at radius 2 is 0.780 bits per heavy atom. The first-order valence-electron chi connectivity index (χ1n) is 15.9. The van der Waals surface area contributed by atoms with Crippen LogP contribution in [0.4, 0.5) is 56.1 Å². The van der Waals surface area contributed by atoms with Crippen molar-refractivity contribution in [3.63, 3.8) is 0 Å². The molecule has 3 aromatic carbocycles. The van der Waals surface area contributed by atoms with Crippen LogP contribution in [0, 0.1) is 17.5 Å². The maximum atomic E-state index is 9.87. The van der Waals surface area contributed by atoms with Gasteiger partial charge in [0.15, 0.2) is 4.98 Å². The van der Waals surface area contributed by atoms with Crippen molar-refractivity contribution in [1.82, 2.24) is 19.9 Å². The third kappa shape index (κ3) is 25.4. The molecule has 1 radical (unpaired) electrons. The summed E-state index contributed by atoms with van der Waals surface area (Å²) in [6.45, 7) is 0. The van der Waals surface area contributed by atoms with Crippen molar-refractivity contribution in [2.75, 3.05) is 0 Å². The van der Waals surface area contributed by atoms with Crippen molar-refractivity contribution in [2.45, 2.75) is 0 Å². The number of diazo groups is 1. The van der Waals surface area contributed by atoms with Crippen molar-refractivity contribution < 1.29 is 70.5 Å². The van der Waals surface area contributed by atoms with Crippen LogP contribution in [0.15, 0.2) is 164 Å². The fraction of sp³-hybridized carbons (Fsp3) is 0. The predicted molar refractivity (Wildman–Crippen MR) is 202 cm³/mol. The van der Waals surface area contributed by atoms with Crippen LogP contribution in [-0.4, -0.2) is 19.9 Å². The number of pyridine rings is 4. The maximum absolute atomic E-state index is 10.7. The molecule has 59 heavy (non-hydrogen) atoms. The SMILES string of the molecule is F[P-](F)(F)(F)(F)F.F[P-](F)(F)(F)(F)F.N#[N+]c1ccc(-c2ccnc(-c3ccccn3)c2)cc1.[Ir].[c-]1ccccc1-c1ccccn1.[c-]1ccccc1-c1ccccn1. The second kappa shape index (κ2) is 18.9. The number of benzene rings is 3. The van der Waals surface area contributed by atoms with Gasteiger partial charge < -0.3 is 9.97 Å². The fourth-order valence-electron chi connectivity index (χ4n) is 4.13. The standard InChI is InChI=1S/C16H11N4.2C11H8N.2F6P.Ir/c17-20-14-6-4-12(5-7-14)13-8-10-19-16(11-13)15-3-1-2-9-18-15;2*1-2-6-10(7-3-1)11-8-4-5-9-12-11;2*1-7(2,3,4,5)6;/h1-11H;2*1-6,8-9H;;;/q+1;4*-1;. The van der Waals surface area contributed by atoms with Gasteiger partial charge in [0, 0.05) is 57.0 Å². The van der Waals surface area contributed by atoms with Gasteiger partial charge in [0.25, 0.3) is 0 Å². The van der Waals surface area contributed by atoms with Gasteiger partial charge in [-0.25, -0.2) is 0 Å². The number of hydrogen-bond donors (Lipinski definition) is 0. The van der Waals surface area contributed by atoms with Gasteiger partial charge in [0.2, 0.25) is 5.39 Å². The minimum Gasteiger partial charge on any atom is -0.305 e. The van der Waals surface area contributed by atoms with E-state index in [-0.39, 0.29) is 20.1 Å². The van der Waals surface area contributed by atoms with Crippen molar-refractivity contribution >= 4 is 21.3 Å². The molecule has 0 atom stereocenters. The second-order valence-corrected chi connectivity index (χ2v) is 15.0. The third-order valence-electron chi connectivity index (χ3n) is 6.30. The average molecular weight is 1050 g/mol. The molecule has 0 saturated heterocycles. The quantitative estimate of drug-likeness (QED) is 0.0759. The van der Waals surface area contributed by atoms with Crippen molar-refractivity contribution in [2.24, 2.45) is 0 Å². The Morgan fingerprint density at radius 1 is 0.407 bits per heavy atom. The van der Waals surface area contributed by atoms with Gasteiger partial charge in [-0.2, -0.15) is 0 Å². The first kappa shape index (κ1) is 49.5. The van der Waals surface area contributed by atoms with E-state index in [2.05, 4.69) is 37.0 Å². The Morgan fingerprint density at radius 3 is 1.12 bits per heavy atom. The molecular weight excluding hydrogens is 1020 g/mol. The molecule has 21 heteroatoms. The molecule has 0 spiro atoms. The summed E-state index contributed by atoms with van der Waals surface area (Å²) >= 11 is 0. The Labute approximate surface area is 342 Å². The van der Waals surface area contributed by atoms with Crippen LogP contribution in [0.3, 0.4) is 0 Å². The monoisotopic (exact) mass is 1050 g/mol. The van der Waals surface area contributed by atoms with E-state index in [1.54, 1.807) is 36.9 Å². The van der Waals surface area contributed by atoms with Gasteiger partial charge in [-0.15, -0.1) is 71.8 Å².